The van der Waals surface area contributed by atoms with E-state index in [4.69, 9.17) is 9.15 Å². The van der Waals surface area contributed by atoms with Gasteiger partial charge in [-0.1, -0.05) is 18.6 Å². The number of oxazole rings is 1. The summed E-state index contributed by atoms with van der Waals surface area (Å²) in [6.45, 7) is 6.96. The molecule has 2 heterocycles. The maximum Gasteiger partial charge on any atom is 0.344 e. The summed E-state index contributed by atoms with van der Waals surface area (Å²) in [4.78, 5) is 16.8. The Labute approximate surface area is 142 Å². The van der Waals surface area contributed by atoms with Crippen molar-refractivity contribution in [2.45, 2.75) is 52.1 Å². The van der Waals surface area contributed by atoms with Crippen LogP contribution in [0.1, 0.15) is 51.8 Å². The van der Waals surface area contributed by atoms with Gasteiger partial charge < -0.3 is 9.15 Å². The van der Waals surface area contributed by atoms with Gasteiger partial charge >= 0.3 is 5.91 Å². The fraction of sp³-hybridized carbons (Fsp3) is 0.474. The van der Waals surface area contributed by atoms with Gasteiger partial charge in [0.05, 0.1) is 5.92 Å². The van der Waals surface area contributed by atoms with Gasteiger partial charge in [0.1, 0.15) is 11.2 Å². The summed E-state index contributed by atoms with van der Waals surface area (Å²) in [5.41, 5.74) is 3.64. The predicted octanol–water partition coefficient (Wildman–Crippen LogP) is 3.19. The normalized spacial score (nSPS) is 18.7. The lowest BCUT2D eigenvalue weighted by molar-refractivity contribution is -0.488. The van der Waals surface area contributed by atoms with Gasteiger partial charge in [-0.25, -0.2) is 15.1 Å². The molecule has 1 saturated heterocycles. The van der Waals surface area contributed by atoms with Crippen LogP contribution in [-0.2, 0) is 9.53 Å². The smallest absolute Gasteiger partial charge is 0.344 e. The molecule has 2 unspecified atom stereocenters. The fourth-order valence-corrected chi connectivity index (χ4v) is 3.04. The number of hydrogen-bond donors (Lipinski definition) is 1. The van der Waals surface area contributed by atoms with Crippen molar-refractivity contribution in [1.29, 1.82) is 0 Å². The molecule has 24 heavy (non-hydrogen) atoms. The second-order valence-electron chi connectivity index (χ2n) is 6.59. The fourth-order valence-electron chi connectivity index (χ4n) is 3.04. The molecule has 2 aromatic rings. The molecule has 1 amide bonds. The Morgan fingerprint density at radius 1 is 1.46 bits per heavy atom. The molecule has 1 aromatic heterocycles. The van der Waals surface area contributed by atoms with Crippen LogP contribution in [0.3, 0.4) is 0 Å². The number of hydrogen-bond acceptors (Lipinski definition) is 4. The minimum absolute atomic E-state index is 0.0338. The number of fused-ring (bicyclic) bond motifs is 1. The predicted molar refractivity (Wildman–Crippen MR) is 92.0 cm³/mol. The lowest BCUT2D eigenvalue weighted by Gasteiger charge is -2.05. The quantitative estimate of drug-likeness (QED) is 0.675. The summed E-state index contributed by atoms with van der Waals surface area (Å²) in [6, 6.07) is 5.69. The number of carbonyl (C=O) groups excluding carboxylic acids is 1. The zero-order chi connectivity index (χ0) is 17.1. The Morgan fingerprint density at radius 2 is 2.29 bits per heavy atom. The number of aromatic nitrogens is 1. The molecule has 3 rings (SSSR count). The van der Waals surface area contributed by atoms with Crippen LogP contribution in [0.15, 0.2) is 34.3 Å². The highest BCUT2D eigenvalue weighted by atomic mass is 16.5. The second-order valence-corrected chi connectivity index (χ2v) is 6.59. The molecule has 1 aliphatic rings. The number of ether oxygens (including phenoxy) is 1. The maximum atomic E-state index is 12.2. The maximum absolute atomic E-state index is 12.2. The van der Waals surface area contributed by atoms with Crippen LogP contribution in [0, 0.1) is 0 Å². The zero-order valence-electron chi connectivity index (χ0n) is 14.5. The molecule has 5 heteroatoms. The van der Waals surface area contributed by atoms with Gasteiger partial charge in [-0.05, 0) is 39.2 Å². The molecule has 5 nitrogen and oxygen atoms in total. The number of primary amides is 1. The summed E-state index contributed by atoms with van der Waals surface area (Å²) in [5, 5.41) is 1.65. The van der Waals surface area contributed by atoms with Crippen molar-refractivity contribution in [3.63, 3.8) is 0 Å². The van der Waals surface area contributed by atoms with Crippen LogP contribution in [0.5, 0.6) is 0 Å². The Morgan fingerprint density at radius 3 is 2.96 bits per heavy atom. The first-order valence-electron chi connectivity index (χ1n) is 8.62. The zero-order valence-corrected chi connectivity index (χ0v) is 14.5. The summed E-state index contributed by atoms with van der Waals surface area (Å²) in [7, 11) is 0. The van der Waals surface area contributed by atoms with Gasteiger partial charge in [0, 0.05) is 18.7 Å². The highest BCUT2D eigenvalue weighted by Crippen LogP contribution is 2.26. The molecule has 1 aromatic carbocycles. The first-order valence-corrected chi connectivity index (χ1v) is 8.62. The molecule has 0 aliphatic carbocycles. The van der Waals surface area contributed by atoms with Crippen LogP contribution in [0.25, 0.3) is 11.1 Å². The van der Waals surface area contributed by atoms with Gasteiger partial charge in [-0.15, -0.1) is 0 Å². The number of carbonyl (C=O) groups is 1. The van der Waals surface area contributed by atoms with Crippen molar-refractivity contribution in [1.82, 2.24) is 4.98 Å². The third kappa shape index (κ3) is 3.74. The van der Waals surface area contributed by atoms with E-state index in [2.05, 4.69) is 31.8 Å². The molecule has 0 spiro atoms. The number of benzene rings is 1. The van der Waals surface area contributed by atoms with Crippen LogP contribution in [0.2, 0.25) is 0 Å². The van der Waals surface area contributed by atoms with Crippen molar-refractivity contribution >= 4 is 22.7 Å². The van der Waals surface area contributed by atoms with Crippen molar-refractivity contribution in [3.8, 4) is 0 Å². The first-order chi connectivity index (χ1) is 11.6. The van der Waals surface area contributed by atoms with Crippen LogP contribution in [-0.4, -0.2) is 23.6 Å². The van der Waals surface area contributed by atoms with E-state index in [-0.39, 0.29) is 17.9 Å². The summed E-state index contributed by atoms with van der Waals surface area (Å²) in [6.07, 6.45) is 4.61. The van der Waals surface area contributed by atoms with Crippen LogP contribution in [0.4, 0.5) is 5.69 Å². The Hall–Kier alpha value is -1.98. The van der Waals surface area contributed by atoms with E-state index in [1.54, 1.807) is 5.32 Å². The number of nitrogens with zero attached hydrogens (tertiary/aromatic N) is 1. The van der Waals surface area contributed by atoms with Crippen LogP contribution < -0.4 is 5.32 Å². The Balaban J connectivity index is 1.80. The van der Waals surface area contributed by atoms with Crippen molar-refractivity contribution < 1.29 is 19.3 Å². The van der Waals surface area contributed by atoms with Crippen molar-refractivity contribution in [3.05, 3.63) is 35.7 Å². The average molecular weight is 329 g/mol. The van der Waals surface area contributed by atoms with Crippen molar-refractivity contribution in [2.75, 3.05) is 6.61 Å². The number of quaternary nitrogens is 1. The molecule has 2 atom stereocenters. The van der Waals surface area contributed by atoms with Crippen LogP contribution >= 0.6 is 0 Å². The number of rotatable bonds is 5. The van der Waals surface area contributed by atoms with E-state index in [9.17, 15) is 4.79 Å². The minimum Gasteiger partial charge on any atom is -0.440 e. The average Bonchev–Trinajstić information content (AvgIpc) is 3.21. The Kier molecular flexibility index (Phi) is 5.11. The monoisotopic (exact) mass is 329 g/mol. The third-order valence-electron chi connectivity index (χ3n) is 4.28. The molecule has 2 N–H and O–H groups in total. The first kappa shape index (κ1) is 16.9. The molecular weight excluding hydrogens is 304 g/mol. The molecule has 1 aliphatic heterocycles. The lowest BCUT2D eigenvalue weighted by atomic mass is 10.0. The van der Waals surface area contributed by atoms with Gasteiger partial charge in [0.25, 0.3) is 0 Å². The van der Waals surface area contributed by atoms with E-state index < -0.39 is 0 Å². The van der Waals surface area contributed by atoms with Gasteiger partial charge in [0.2, 0.25) is 5.89 Å². The Bertz CT molecular complexity index is 753. The van der Waals surface area contributed by atoms with E-state index in [0.717, 1.165) is 41.9 Å². The van der Waals surface area contributed by atoms with E-state index in [1.807, 2.05) is 18.2 Å². The standard InChI is InChI=1S/C19H24N2O3/c1-4-13(10-12(2)3)19-21-15-11-14(7-8-16(15)24-19)20-18(22)17-6-5-9-23-17/h7-8,10-11,13,17H,4-6,9H2,1-3H3,(H,20,22)/p+1. The summed E-state index contributed by atoms with van der Waals surface area (Å²) < 4.78 is 11.3. The van der Waals surface area contributed by atoms with Gasteiger partial charge in [-0.2, -0.15) is 0 Å². The van der Waals surface area contributed by atoms with Gasteiger partial charge in [-0.3, -0.25) is 0 Å². The second kappa shape index (κ2) is 7.28. The highest BCUT2D eigenvalue weighted by Gasteiger charge is 2.27. The van der Waals surface area contributed by atoms with E-state index in [0.29, 0.717) is 6.61 Å². The molecule has 0 bridgehead atoms. The number of amides is 1. The van der Waals surface area contributed by atoms with E-state index in [1.165, 1.54) is 5.57 Å². The third-order valence-corrected chi connectivity index (χ3v) is 4.28. The summed E-state index contributed by atoms with van der Waals surface area (Å²) in [5.74, 6) is 0.950. The molecule has 1 fully saturated rings. The highest BCUT2D eigenvalue weighted by molar-refractivity contribution is 5.78. The molecular formula is C19H25N2O3+. The van der Waals surface area contributed by atoms with Crippen molar-refractivity contribution in [2.24, 2.45) is 0 Å². The largest absolute Gasteiger partial charge is 0.440 e. The molecule has 0 saturated carbocycles. The number of nitrogens with two attached hydrogens (primary N) is 1. The summed E-state index contributed by atoms with van der Waals surface area (Å²) >= 11 is 0. The number of allylic oxidation sites excluding steroid dienone is 2. The van der Waals surface area contributed by atoms with Gasteiger partial charge in [0.15, 0.2) is 11.7 Å². The van der Waals surface area contributed by atoms with E-state index >= 15 is 0 Å². The lowest BCUT2D eigenvalue weighted by Crippen LogP contribution is -2.84. The topological polar surface area (TPSA) is 68.9 Å². The minimum atomic E-state index is -0.282. The molecule has 0 radical (unpaired) electrons. The SMILES string of the molecule is CCC(C=C(C)C)c1nc2cc([NH2+]C(=O)C3CCCO3)ccc2o1. The molecule has 128 valence electrons.